The van der Waals surface area contributed by atoms with Gasteiger partial charge in [0.2, 0.25) is 0 Å². The van der Waals surface area contributed by atoms with E-state index in [1.807, 2.05) is 12.1 Å². The van der Waals surface area contributed by atoms with Crippen molar-refractivity contribution < 1.29 is 24.5 Å². The fourth-order valence-corrected chi connectivity index (χ4v) is 1.93. The first kappa shape index (κ1) is 14.1. The number of rotatable bonds is 4. The minimum absolute atomic E-state index is 0.356. The van der Waals surface area contributed by atoms with Crippen LogP contribution in [0, 0.1) is 0 Å². The summed E-state index contributed by atoms with van der Waals surface area (Å²) in [4.78, 5) is 23.5. The predicted molar refractivity (Wildman–Crippen MR) is 72.7 cm³/mol. The Hall–Kier alpha value is -2.34. The molecule has 0 aliphatic carbocycles. The summed E-state index contributed by atoms with van der Waals surface area (Å²) < 4.78 is 5.27. The van der Waals surface area contributed by atoms with Gasteiger partial charge in [0.25, 0.3) is 5.78 Å². The highest BCUT2D eigenvalue weighted by molar-refractivity contribution is 6.38. The average molecular weight is 277 g/mol. The van der Waals surface area contributed by atoms with E-state index in [2.05, 4.69) is 4.90 Å². The van der Waals surface area contributed by atoms with Gasteiger partial charge in [0.1, 0.15) is 5.76 Å². The zero-order valence-electron chi connectivity index (χ0n) is 10.8. The van der Waals surface area contributed by atoms with Gasteiger partial charge >= 0.3 is 5.97 Å². The molecule has 1 saturated heterocycles. The van der Waals surface area contributed by atoms with E-state index in [1.54, 1.807) is 12.1 Å². The summed E-state index contributed by atoms with van der Waals surface area (Å²) in [7, 11) is 0. The SMILES string of the molecule is O=C(O)C(=O)/C=C(\O)c1ccc(N2CCOCC2)cc1. The number of hydrogen-bond donors (Lipinski definition) is 2. The molecular weight excluding hydrogens is 262 g/mol. The molecule has 0 aromatic heterocycles. The van der Waals surface area contributed by atoms with E-state index in [-0.39, 0.29) is 5.76 Å². The first-order valence-electron chi connectivity index (χ1n) is 6.19. The van der Waals surface area contributed by atoms with Gasteiger partial charge in [-0.1, -0.05) is 0 Å². The molecule has 1 aliphatic rings. The summed E-state index contributed by atoms with van der Waals surface area (Å²) in [6.07, 6.45) is 0.700. The van der Waals surface area contributed by atoms with Gasteiger partial charge in [0, 0.05) is 30.4 Å². The molecule has 6 heteroatoms. The third kappa shape index (κ3) is 3.36. The van der Waals surface area contributed by atoms with E-state index in [4.69, 9.17) is 9.84 Å². The second kappa shape index (κ2) is 6.21. The number of carbonyl (C=O) groups is 2. The zero-order chi connectivity index (χ0) is 14.5. The van der Waals surface area contributed by atoms with Crippen LogP contribution in [0.1, 0.15) is 5.56 Å². The van der Waals surface area contributed by atoms with Crippen molar-refractivity contribution in [2.75, 3.05) is 31.2 Å². The number of ketones is 1. The van der Waals surface area contributed by atoms with Crippen molar-refractivity contribution in [1.29, 1.82) is 0 Å². The Bertz CT molecular complexity index is 529. The van der Waals surface area contributed by atoms with Gasteiger partial charge in [0.05, 0.1) is 13.2 Å². The first-order valence-corrected chi connectivity index (χ1v) is 6.19. The van der Waals surface area contributed by atoms with E-state index < -0.39 is 11.8 Å². The second-order valence-corrected chi connectivity index (χ2v) is 4.35. The number of ether oxygens (including phenoxy) is 1. The largest absolute Gasteiger partial charge is 0.507 e. The van der Waals surface area contributed by atoms with Gasteiger partial charge in [-0.3, -0.25) is 4.79 Å². The topological polar surface area (TPSA) is 87.1 Å². The van der Waals surface area contributed by atoms with Gasteiger partial charge in [-0.2, -0.15) is 0 Å². The zero-order valence-corrected chi connectivity index (χ0v) is 10.8. The lowest BCUT2D eigenvalue weighted by molar-refractivity contribution is -0.146. The number of aliphatic hydroxyl groups excluding tert-OH is 1. The smallest absolute Gasteiger partial charge is 0.376 e. The molecule has 20 heavy (non-hydrogen) atoms. The highest BCUT2D eigenvalue weighted by atomic mass is 16.5. The van der Waals surface area contributed by atoms with Gasteiger partial charge in [0.15, 0.2) is 0 Å². The van der Waals surface area contributed by atoms with Gasteiger partial charge in [-0.25, -0.2) is 4.79 Å². The Morgan fingerprint density at radius 1 is 1.10 bits per heavy atom. The molecule has 0 atom stereocenters. The molecule has 0 unspecified atom stereocenters. The minimum Gasteiger partial charge on any atom is -0.507 e. The van der Waals surface area contributed by atoms with Crippen LogP contribution in [-0.2, 0) is 14.3 Å². The molecule has 0 bridgehead atoms. The van der Waals surface area contributed by atoms with Crippen LogP contribution in [0.15, 0.2) is 30.3 Å². The molecule has 2 N–H and O–H groups in total. The maximum absolute atomic E-state index is 11.0. The Morgan fingerprint density at radius 3 is 2.25 bits per heavy atom. The average Bonchev–Trinajstić information content (AvgIpc) is 2.48. The van der Waals surface area contributed by atoms with E-state index in [0.29, 0.717) is 24.9 Å². The van der Waals surface area contributed by atoms with Crippen LogP contribution in [0.4, 0.5) is 5.69 Å². The van der Waals surface area contributed by atoms with Crippen molar-refractivity contribution in [3.8, 4) is 0 Å². The summed E-state index contributed by atoms with van der Waals surface area (Å²) in [6, 6.07) is 6.92. The fraction of sp³-hybridized carbons (Fsp3) is 0.286. The van der Waals surface area contributed by atoms with E-state index in [0.717, 1.165) is 18.8 Å². The predicted octanol–water partition coefficient (Wildman–Crippen LogP) is 1.08. The van der Waals surface area contributed by atoms with Crippen LogP contribution < -0.4 is 4.90 Å². The Labute approximate surface area is 115 Å². The summed E-state index contributed by atoms with van der Waals surface area (Å²) in [5.74, 6) is -3.10. The lowest BCUT2D eigenvalue weighted by Gasteiger charge is -2.28. The molecule has 1 aromatic rings. The lowest BCUT2D eigenvalue weighted by Crippen LogP contribution is -2.36. The summed E-state index contributed by atoms with van der Waals surface area (Å²) in [5, 5.41) is 18.2. The molecular formula is C14H15NO5. The van der Waals surface area contributed by atoms with Crippen molar-refractivity contribution >= 4 is 23.2 Å². The third-order valence-corrected chi connectivity index (χ3v) is 3.02. The number of aliphatic hydroxyl groups is 1. The molecule has 0 saturated carbocycles. The Balaban J connectivity index is 2.11. The van der Waals surface area contributed by atoms with Crippen LogP contribution in [0.5, 0.6) is 0 Å². The third-order valence-electron chi connectivity index (χ3n) is 3.02. The number of benzene rings is 1. The molecule has 1 fully saturated rings. The molecule has 1 aromatic carbocycles. The van der Waals surface area contributed by atoms with E-state index in [1.165, 1.54) is 0 Å². The fourth-order valence-electron chi connectivity index (χ4n) is 1.93. The van der Waals surface area contributed by atoms with Crippen LogP contribution >= 0.6 is 0 Å². The van der Waals surface area contributed by atoms with Crippen LogP contribution in [0.25, 0.3) is 5.76 Å². The van der Waals surface area contributed by atoms with Crippen molar-refractivity contribution in [2.45, 2.75) is 0 Å². The van der Waals surface area contributed by atoms with Gasteiger partial charge in [-0.05, 0) is 24.3 Å². The highest BCUT2D eigenvalue weighted by Gasteiger charge is 2.13. The number of aliphatic carboxylic acids is 1. The quantitative estimate of drug-likeness (QED) is 0.486. The first-order chi connectivity index (χ1) is 9.58. The maximum Gasteiger partial charge on any atom is 0.376 e. The molecule has 0 amide bonds. The highest BCUT2D eigenvalue weighted by Crippen LogP contribution is 2.19. The number of carboxylic acids is 1. The summed E-state index contributed by atoms with van der Waals surface area (Å²) in [6.45, 7) is 2.97. The van der Waals surface area contributed by atoms with Gasteiger partial charge < -0.3 is 19.8 Å². The number of morpholine rings is 1. The molecule has 0 spiro atoms. The molecule has 106 valence electrons. The van der Waals surface area contributed by atoms with Crippen molar-refractivity contribution in [2.24, 2.45) is 0 Å². The van der Waals surface area contributed by atoms with Gasteiger partial charge in [-0.15, -0.1) is 0 Å². The normalized spacial score (nSPS) is 16.0. The molecule has 1 aliphatic heterocycles. The van der Waals surface area contributed by atoms with Crippen molar-refractivity contribution in [3.05, 3.63) is 35.9 Å². The molecule has 6 nitrogen and oxygen atoms in total. The number of carbonyl (C=O) groups excluding carboxylic acids is 1. The van der Waals surface area contributed by atoms with Crippen LogP contribution in [0.3, 0.4) is 0 Å². The number of carboxylic acid groups (broad SMARTS) is 1. The number of nitrogens with zero attached hydrogens (tertiary/aromatic N) is 1. The molecule has 1 heterocycles. The van der Waals surface area contributed by atoms with E-state index in [9.17, 15) is 14.7 Å². The Morgan fingerprint density at radius 2 is 1.70 bits per heavy atom. The number of anilines is 1. The molecule has 0 radical (unpaired) electrons. The molecule has 2 rings (SSSR count). The van der Waals surface area contributed by atoms with Crippen molar-refractivity contribution in [3.63, 3.8) is 0 Å². The lowest BCUT2D eigenvalue weighted by atomic mass is 10.1. The van der Waals surface area contributed by atoms with Crippen LogP contribution in [-0.4, -0.2) is 48.3 Å². The minimum atomic E-state index is -1.60. The van der Waals surface area contributed by atoms with E-state index >= 15 is 0 Å². The van der Waals surface area contributed by atoms with Crippen LogP contribution in [0.2, 0.25) is 0 Å². The summed E-state index contributed by atoms with van der Waals surface area (Å²) >= 11 is 0. The second-order valence-electron chi connectivity index (χ2n) is 4.35. The van der Waals surface area contributed by atoms with Crippen molar-refractivity contribution in [1.82, 2.24) is 0 Å². The Kier molecular flexibility index (Phi) is 4.37. The number of hydrogen-bond acceptors (Lipinski definition) is 5. The maximum atomic E-state index is 11.0. The standard InChI is InChI=1S/C14H15NO5/c16-12(9-13(17)14(18)19)10-1-3-11(4-2-10)15-5-7-20-8-6-15/h1-4,9,16H,5-8H2,(H,18,19)/b12-9-. The summed E-state index contributed by atoms with van der Waals surface area (Å²) in [5.41, 5.74) is 1.39. The monoisotopic (exact) mass is 277 g/mol.